The average molecular weight is 580 g/mol. The molecule has 1 aromatic heterocycles. The van der Waals surface area contributed by atoms with E-state index in [4.69, 9.17) is 20.9 Å². The van der Waals surface area contributed by atoms with E-state index in [1.807, 2.05) is 48.5 Å². The van der Waals surface area contributed by atoms with E-state index in [1.165, 1.54) is 21.8 Å². The Kier molecular flexibility index (Phi) is 6.80. The number of halogens is 2. The number of rotatable bonds is 5. The molecule has 0 aliphatic carbocycles. The standard InChI is InChI=1S/C30H29BrClN2OP/c1-5-34-28-13-9-6-10-24(28)25-20-23(18-19-29(25)34)36(30(2,3)4,33-27-12-8-7-11-26(27)32)35-22-16-14-21(31)15-17-22/h6-20H,5H2,1-4H3/t36-/m0/s1. The van der Waals surface area contributed by atoms with Gasteiger partial charge in [-0.3, -0.25) is 0 Å². The lowest BCUT2D eigenvalue weighted by molar-refractivity contribution is 0.571. The summed E-state index contributed by atoms with van der Waals surface area (Å²) in [6.07, 6.45) is 0. The van der Waals surface area contributed by atoms with Crippen molar-refractivity contribution in [1.29, 1.82) is 0 Å². The maximum atomic E-state index is 7.02. The summed E-state index contributed by atoms with van der Waals surface area (Å²) in [5.74, 6) is 0.786. The maximum Gasteiger partial charge on any atom is 0.173 e. The number of hydrogen-bond donors (Lipinski definition) is 0. The van der Waals surface area contributed by atoms with E-state index < -0.39 is 7.28 Å². The molecule has 4 aromatic carbocycles. The molecule has 0 N–H and O–H groups in total. The Bertz CT molecular complexity index is 1620. The number of aryl methyl sites for hydroxylation is 1. The van der Waals surface area contributed by atoms with Gasteiger partial charge in [-0.05, 0) is 67.6 Å². The molecule has 0 fully saturated rings. The first kappa shape index (κ1) is 25.1. The number of hydrogen-bond acceptors (Lipinski definition) is 2. The maximum absolute atomic E-state index is 7.02. The van der Waals surface area contributed by atoms with Gasteiger partial charge >= 0.3 is 0 Å². The largest absolute Gasteiger partial charge is 0.455 e. The predicted octanol–water partition coefficient (Wildman–Crippen LogP) is 10.2. The fourth-order valence-electron chi connectivity index (χ4n) is 4.71. The minimum Gasteiger partial charge on any atom is -0.455 e. The summed E-state index contributed by atoms with van der Waals surface area (Å²) < 4.78 is 15.8. The quantitative estimate of drug-likeness (QED) is 0.190. The van der Waals surface area contributed by atoms with E-state index in [0.717, 1.165) is 27.8 Å². The Balaban J connectivity index is 1.85. The molecule has 0 saturated carbocycles. The highest BCUT2D eigenvalue weighted by Gasteiger charge is 2.39. The van der Waals surface area contributed by atoms with Crippen molar-refractivity contribution in [1.82, 2.24) is 4.57 Å². The average Bonchev–Trinajstić information content (AvgIpc) is 3.18. The molecule has 0 aliphatic heterocycles. The molecular formula is C30H29BrClN2OP. The predicted molar refractivity (Wildman–Crippen MR) is 160 cm³/mol. The number of benzene rings is 4. The molecule has 3 nitrogen and oxygen atoms in total. The number of aromatic nitrogens is 1. The summed E-state index contributed by atoms with van der Waals surface area (Å²) in [6.45, 7) is 9.72. The van der Waals surface area contributed by atoms with Crippen LogP contribution in [0.25, 0.3) is 21.8 Å². The van der Waals surface area contributed by atoms with Crippen LogP contribution in [-0.4, -0.2) is 9.72 Å². The summed E-state index contributed by atoms with van der Waals surface area (Å²) in [6, 6.07) is 31.1. The fraction of sp³-hybridized carbons (Fsp3) is 0.200. The van der Waals surface area contributed by atoms with Gasteiger partial charge in [0.2, 0.25) is 0 Å². The molecule has 0 bridgehead atoms. The van der Waals surface area contributed by atoms with E-state index in [2.05, 4.69) is 90.7 Å². The first-order chi connectivity index (χ1) is 17.2. The lowest BCUT2D eigenvalue weighted by Gasteiger charge is -2.37. The van der Waals surface area contributed by atoms with E-state index >= 15 is 0 Å². The molecule has 1 atom stereocenters. The highest BCUT2D eigenvalue weighted by Crippen LogP contribution is 2.62. The zero-order valence-corrected chi connectivity index (χ0v) is 24.1. The van der Waals surface area contributed by atoms with Gasteiger partial charge in [-0.25, -0.2) is 4.74 Å². The van der Waals surface area contributed by atoms with Crippen molar-refractivity contribution in [3.8, 4) is 5.75 Å². The normalized spacial score (nSPS) is 13.6. The van der Waals surface area contributed by atoms with Crippen LogP contribution in [0.3, 0.4) is 0 Å². The molecular weight excluding hydrogens is 551 g/mol. The summed E-state index contributed by atoms with van der Waals surface area (Å²) in [7, 11) is -2.68. The molecule has 5 aromatic rings. The van der Waals surface area contributed by atoms with Crippen molar-refractivity contribution in [2.45, 2.75) is 39.4 Å². The monoisotopic (exact) mass is 578 g/mol. The second kappa shape index (κ2) is 9.74. The Hall–Kier alpha value is -2.52. The second-order valence-corrected chi connectivity index (χ2v) is 14.5. The first-order valence-electron chi connectivity index (χ1n) is 12.1. The molecule has 6 heteroatoms. The highest BCUT2D eigenvalue weighted by atomic mass is 79.9. The van der Waals surface area contributed by atoms with Gasteiger partial charge in [0, 0.05) is 43.3 Å². The summed E-state index contributed by atoms with van der Waals surface area (Å²) >= 11 is 10.2. The van der Waals surface area contributed by atoms with Crippen LogP contribution in [0, 0.1) is 0 Å². The molecule has 0 amide bonds. The lowest BCUT2D eigenvalue weighted by Crippen LogP contribution is -2.27. The van der Waals surface area contributed by atoms with Crippen LogP contribution >= 0.6 is 34.8 Å². The molecule has 0 aliphatic rings. The number of para-hydroxylation sites is 1. The molecule has 184 valence electrons. The molecule has 0 unspecified atom stereocenters. The SMILES string of the molecule is CCn1c2ccccc2c2cc([P@](=Nc3ccccc3Cl)(Oc3ccc(Br)cc3)C(C)(C)C)ccc21. The summed E-state index contributed by atoms with van der Waals surface area (Å²) in [5.41, 5.74) is 3.20. The molecule has 36 heavy (non-hydrogen) atoms. The van der Waals surface area contributed by atoms with Crippen molar-refractivity contribution >= 4 is 67.6 Å². The molecule has 1 heterocycles. The first-order valence-corrected chi connectivity index (χ1v) is 14.9. The van der Waals surface area contributed by atoms with Gasteiger partial charge in [0.1, 0.15) is 5.75 Å². The van der Waals surface area contributed by atoms with Crippen LogP contribution in [0.1, 0.15) is 27.7 Å². The van der Waals surface area contributed by atoms with Gasteiger partial charge < -0.3 is 9.09 Å². The van der Waals surface area contributed by atoms with Crippen molar-refractivity contribution in [3.05, 3.63) is 100 Å². The van der Waals surface area contributed by atoms with Crippen LogP contribution in [-0.2, 0) is 6.54 Å². The molecule has 0 saturated heterocycles. The van der Waals surface area contributed by atoms with Crippen LogP contribution < -0.4 is 9.83 Å². The summed E-state index contributed by atoms with van der Waals surface area (Å²) in [4.78, 5) is 0. The zero-order valence-electron chi connectivity index (χ0n) is 20.9. The third kappa shape index (κ3) is 4.41. The van der Waals surface area contributed by atoms with E-state index in [-0.39, 0.29) is 5.16 Å². The van der Waals surface area contributed by atoms with Gasteiger partial charge in [0.25, 0.3) is 0 Å². The van der Waals surface area contributed by atoms with E-state index in [1.54, 1.807) is 0 Å². The van der Waals surface area contributed by atoms with E-state index in [0.29, 0.717) is 5.02 Å². The Morgan fingerprint density at radius 1 is 0.861 bits per heavy atom. The van der Waals surface area contributed by atoms with Gasteiger partial charge in [0.15, 0.2) is 7.28 Å². The Morgan fingerprint density at radius 2 is 1.53 bits per heavy atom. The third-order valence-corrected chi connectivity index (χ3v) is 11.1. The number of fused-ring (bicyclic) bond motifs is 3. The van der Waals surface area contributed by atoms with Crippen molar-refractivity contribution < 1.29 is 4.52 Å². The fourth-order valence-corrected chi connectivity index (χ4v) is 8.31. The van der Waals surface area contributed by atoms with Gasteiger partial charge in [-0.2, -0.15) is 0 Å². The van der Waals surface area contributed by atoms with Crippen LogP contribution in [0.2, 0.25) is 5.02 Å². The lowest BCUT2D eigenvalue weighted by atomic mass is 10.1. The summed E-state index contributed by atoms with van der Waals surface area (Å²) in [5, 5.41) is 3.85. The molecule has 0 radical (unpaired) electrons. The Labute approximate surface area is 226 Å². The van der Waals surface area contributed by atoms with Crippen molar-refractivity contribution in [2.75, 3.05) is 0 Å². The van der Waals surface area contributed by atoms with Crippen LogP contribution in [0.5, 0.6) is 5.75 Å². The van der Waals surface area contributed by atoms with Crippen LogP contribution in [0.4, 0.5) is 5.69 Å². The van der Waals surface area contributed by atoms with E-state index in [9.17, 15) is 0 Å². The second-order valence-electron chi connectivity index (χ2n) is 9.81. The minimum absolute atomic E-state index is 0.309. The smallest absolute Gasteiger partial charge is 0.173 e. The minimum atomic E-state index is -2.68. The zero-order chi connectivity index (χ0) is 25.5. The van der Waals surface area contributed by atoms with Gasteiger partial charge in [-0.1, -0.05) is 78.6 Å². The highest BCUT2D eigenvalue weighted by molar-refractivity contribution is 9.10. The van der Waals surface area contributed by atoms with Crippen molar-refractivity contribution in [3.63, 3.8) is 0 Å². The molecule has 5 rings (SSSR count). The van der Waals surface area contributed by atoms with Crippen LogP contribution in [0.15, 0.2) is 100 Å². The topological polar surface area (TPSA) is 26.5 Å². The van der Waals surface area contributed by atoms with Gasteiger partial charge in [0.05, 0.1) is 10.7 Å². The Morgan fingerprint density at radius 3 is 2.22 bits per heavy atom. The van der Waals surface area contributed by atoms with Gasteiger partial charge in [-0.15, -0.1) is 0 Å². The number of nitrogens with zero attached hydrogens (tertiary/aromatic N) is 2. The molecule has 0 spiro atoms. The third-order valence-electron chi connectivity index (χ3n) is 6.48. The van der Waals surface area contributed by atoms with Crippen molar-refractivity contribution in [2.24, 2.45) is 4.74 Å².